The first-order valence-electron chi connectivity index (χ1n) is 7.31. The van der Waals surface area contributed by atoms with E-state index in [1.54, 1.807) is 24.3 Å². The predicted molar refractivity (Wildman–Crippen MR) is 84.3 cm³/mol. The van der Waals surface area contributed by atoms with Gasteiger partial charge in [-0.05, 0) is 39.8 Å². The number of nitrogens with zero attached hydrogens (tertiary/aromatic N) is 1. The SMILES string of the molecule is CC(C)N(CCNC(=O)NC(=O)c1ccccc1)C(C)C. The molecule has 0 fully saturated rings. The molecule has 3 amide bonds. The van der Waals surface area contributed by atoms with Crippen LogP contribution in [0.4, 0.5) is 4.79 Å². The Morgan fingerprint density at radius 3 is 2.14 bits per heavy atom. The second-order valence-electron chi connectivity index (χ2n) is 5.50. The maximum absolute atomic E-state index is 11.8. The average Bonchev–Trinajstić information content (AvgIpc) is 2.43. The minimum Gasteiger partial charge on any atom is -0.337 e. The third-order valence-corrected chi connectivity index (χ3v) is 3.25. The van der Waals surface area contributed by atoms with E-state index in [1.165, 1.54) is 0 Å². The van der Waals surface area contributed by atoms with Crippen LogP contribution in [0.25, 0.3) is 0 Å². The number of imide groups is 1. The van der Waals surface area contributed by atoms with Crippen molar-refractivity contribution in [1.29, 1.82) is 0 Å². The van der Waals surface area contributed by atoms with Crippen LogP contribution in [-0.2, 0) is 0 Å². The number of benzene rings is 1. The summed E-state index contributed by atoms with van der Waals surface area (Å²) in [7, 11) is 0. The van der Waals surface area contributed by atoms with Gasteiger partial charge in [-0.3, -0.25) is 15.0 Å². The Morgan fingerprint density at radius 2 is 1.62 bits per heavy atom. The fraction of sp³-hybridized carbons (Fsp3) is 0.500. The number of carbonyl (C=O) groups excluding carboxylic acids is 2. The van der Waals surface area contributed by atoms with Gasteiger partial charge in [-0.15, -0.1) is 0 Å². The lowest BCUT2D eigenvalue weighted by Gasteiger charge is -2.30. The topological polar surface area (TPSA) is 61.4 Å². The highest BCUT2D eigenvalue weighted by Crippen LogP contribution is 2.03. The molecule has 0 heterocycles. The minimum atomic E-state index is -0.462. The smallest absolute Gasteiger partial charge is 0.321 e. The monoisotopic (exact) mass is 291 g/mol. The van der Waals surface area contributed by atoms with Crippen LogP contribution >= 0.6 is 0 Å². The molecule has 0 spiro atoms. The largest absolute Gasteiger partial charge is 0.337 e. The Balaban J connectivity index is 2.36. The fourth-order valence-corrected chi connectivity index (χ4v) is 2.22. The van der Waals surface area contributed by atoms with Crippen LogP contribution in [0.1, 0.15) is 38.1 Å². The minimum absolute atomic E-state index is 0.391. The van der Waals surface area contributed by atoms with Crippen molar-refractivity contribution in [3.05, 3.63) is 35.9 Å². The molecule has 0 atom stereocenters. The van der Waals surface area contributed by atoms with Crippen molar-refractivity contribution in [2.75, 3.05) is 13.1 Å². The van der Waals surface area contributed by atoms with Gasteiger partial charge >= 0.3 is 6.03 Å². The lowest BCUT2D eigenvalue weighted by Crippen LogP contribution is -2.45. The Morgan fingerprint density at radius 1 is 1.05 bits per heavy atom. The van der Waals surface area contributed by atoms with Crippen molar-refractivity contribution < 1.29 is 9.59 Å². The summed E-state index contributed by atoms with van der Waals surface area (Å²) in [5, 5.41) is 5.03. The summed E-state index contributed by atoms with van der Waals surface area (Å²) in [4.78, 5) is 25.7. The molecule has 5 heteroatoms. The first-order chi connectivity index (χ1) is 9.91. The third kappa shape index (κ3) is 5.95. The second kappa shape index (κ2) is 8.42. The van der Waals surface area contributed by atoms with Crippen LogP contribution in [0.5, 0.6) is 0 Å². The summed E-state index contributed by atoms with van der Waals surface area (Å²) in [5.74, 6) is -0.391. The van der Waals surface area contributed by atoms with Gasteiger partial charge in [0.1, 0.15) is 0 Å². The van der Waals surface area contributed by atoms with E-state index in [9.17, 15) is 9.59 Å². The standard InChI is InChI=1S/C16H25N3O2/c1-12(2)19(13(3)4)11-10-17-16(21)18-15(20)14-8-6-5-7-9-14/h5-9,12-13H,10-11H2,1-4H3,(H2,17,18,20,21). The van der Waals surface area contributed by atoms with E-state index in [1.807, 2.05) is 6.07 Å². The summed E-state index contributed by atoms with van der Waals surface area (Å²) >= 11 is 0. The number of carbonyl (C=O) groups is 2. The molecule has 0 aromatic heterocycles. The Hall–Kier alpha value is -1.88. The van der Waals surface area contributed by atoms with Crippen molar-refractivity contribution in [1.82, 2.24) is 15.5 Å². The zero-order valence-electron chi connectivity index (χ0n) is 13.2. The Labute approximate surface area is 126 Å². The molecule has 5 nitrogen and oxygen atoms in total. The number of rotatable bonds is 6. The Kier molecular flexibility index (Phi) is 6.88. The van der Waals surface area contributed by atoms with Crippen LogP contribution < -0.4 is 10.6 Å². The van der Waals surface area contributed by atoms with Crippen molar-refractivity contribution in [2.24, 2.45) is 0 Å². The van der Waals surface area contributed by atoms with Gasteiger partial charge in [-0.25, -0.2) is 4.79 Å². The van der Waals surface area contributed by atoms with E-state index in [4.69, 9.17) is 0 Å². The van der Waals surface area contributed by atoms with Gasteiger partial charge in [-0.1, -0.05) is 18.2 Å². The molecule has 0 unspecified atom stereocenters. The molecule has 0 aliphatic carbocycles. The van der Waals surface area contributed by atoms with Crippen LogP contribution in [0.15, 0.2) is 30.3 Å². The lowest BCUT2D eigenvalue weighted by molar-refractivity contribution is 0.0963. The molecule has 21 heavy (non-hydrogen) atoms. The van der Waals surface area contributed by atoms with Gasteiger partial charge in [0, 0.05) is 30.7 Å². The molecule has 0 saturated carbocycles. The number of urea groups is 1. The van der Waals surface area contributed by atoms with Crippen LogP contribution in [0.3, 0.4) is 0 Å². The van der Waals surface area contributed by atoms with Crippen molar-refractivity contribution in [3.63, 3.8) is 0 Å². The van der Waals surface area contributed by atoms with E-state index in [-0.39, 0.29) is 0 Å². The van der Waals surface area contributed by atoms with Crippen LogP contribution in [0, 0.1) is 0 Å². The molecule has 0 aliphatic heterocycles. The van der Waals surface area contributed by atoms with E-state index < -0.39 is 11.9 Å². The summed E-state index contributed by atoms with van der Waals surface area (Å²) < 4.78 is 0. The zero-order valence-corrected chi connectivity index (χ0v) is 13.2. The second-order valence-corrected chi connectivity index (χ2v) is 5.50. The van der Waals surface area contributed by atoms with E-state index in [0.717, 1.165) is 6.54 Å². The highest BCUT2D eigenvalue weighted by atomic mass is 16.2. The molecule has 2 N–H and O–H groups in total. The summed E-state index contributed by atoms with van der Waals surface area (Å²) in [6, 6.07) is 9.05. The number of hydrogen-bond donors (Lipinski definition) is 2. The van der Waals surface area contributed by atoms with Crippen LogP contribution in [0.2, 0.25) is 0 Å². The molecule has 1 aromatic rings. The molecule has 0 aliphatic rings. The number of amides is 3. The molecule has 1 aromatic carbocycles. The molecular formula is C16H25N3O2. The number of nitrogens with one attached hydrogen (secondary N) is 2. The van der Waals surface area contributed by atoms with Gasteiger partial charge in [-0.2, -0.15) is 0 Å². The summed E-state index contributed by atoms with van der Waals surface area (Å²) in [6.07, 6.45) is 0. The quantitative estimate of drug-likeness (QED) is 0.845. The highest BCUT2D eigenvalue weighted by molar-refractivity contribution is 6.04. The molecule has 0 saturated heterocycles. The first-order valence-corrected chi connectivity index (χ1v) is 7.31. The van der Waals surface area contributed by atoms with Gasteiger partial charge in [0.15, 0.2) is 0 Å². The van der Waals surface area contributed by atoms with Gasteiger partial charge in [0.05, 0.1) is 0 Å². The Bertz CT molecular complexity index is 450. The molecule has 0 bridgehead atoms. The highest BCUT2D eigenvalue weighted by Gasteiger charge is 2.14. The predicted octanol–water partition coefficient (Wildman–Crippen LogP) is 2.24. The average molecular weight is 291 g/mol. The maximum atomic E-state index is 11.8. The molecule has 0 radical (unpaired) electrons. The number of hydrogen-bond acceptors (Lipinski definition) is 3. The van der Waals surface area contributed by atoms with E-state index in [2.05, 4.69) is 43.2 Å². The molecule has 1 rings (SSSR count). The first kappa shape index (κ1) is 17.2. The van der Waals surface area contributed by atoms with E-state index in [0.29, 0.717) is 24.2 Å². The van der Waals surface area contributed by atoms with E-state index >= 15 is 0 Å². The normalized spacial score (nSPS) is 11.0. The van der Waals surface area contributed by atoms with Gasteiger partial charge in [0.25, 0.3) is 5.91 Å². The third-order valence-electron chi connectivity index (χ3n) is 3.25. The molecular weight excluding hydrogens is 266 g/mol. The zero-order chi connectivity index (χ0) is 15.8. The fourth-order valence-electron chi connectivity index (χ4n) is 2.22. The van der Waals surface area contributed by atoms with Crippen molar-refractivity contribution in [2.45, 2.75) is 39.8 Å². The molecule has 116 valence electrons. The lowest BCUT2D eigenvalue weighted by atomic mass is 10.2. The van der Waals surface area contributed by atoms with Gasteiger partial charge in [0.2, 0.25) is 0 Å². The maximum Gasteiger partial charge on any atom is 0.321 e. The van der Waals surface area contributed by atoms with Crippen LogP contribution in [-0.4, -0.2) is 42.0 Å². The van der Waals surface area contributed by atoms with Gasteiger partial charge < -0.3 is 5.32 Å². The van der Waals surface area contributed by atoms with Crippen molar-refractivity contribution in [3.8, 4) is 0 Å². The summed E-state index contributed by atoms with van der Waals surface area (Å²) in [6.45, 7) is 9.75. The summed E-state index contributed by atoms with van der Waals surface area (Å²) in [5.41, 5.74) is 0.471. The van der Waals surface area contributed by atoms with Crippen molar-refractivity contribution >= 4 is 11.9 Å².